The van der Waals surface area contributed by atoms with Gasteiger partial charge in [0, 0.05) is 29.9 Å². The Bertz CT molecular complexity index is 1250. The number of rotatable bonds is 12. The minimum Gasteiger partial charge on any atom is -0.496 e. The molecule has 0 saturated heterocycles. The molecule has 8 nitrogen and oxygen atoms in total. The maximum Gasteiger partial charge on any atom is 0.234 e. The Labute approximate surface area is 231 Å². The van der Waals surface area contributed by atoms with Crippen LogP contribution in [0.1, 0.15) is 42.3 Å². The van der Waals surface area contributed by atoms with E-state index in [1.54, 1.807) is 27.5 Å². The number of ether oxygens (including phenoxy) is 4. The molecule has 2 aromatic carbocycles. The van der Waals surface area contributed by atoms with E-state index in [0.717, 1.165) is 40.3 Å². The predicted octanol–water partition coefficient (Wildman–Crippen LogP) is 4.60. The molecule has 0 saturated carbocycles. The Balaban J connectivity index is 1.65. The zero-order valence-electron chi connectivity index (χ0n) is 23.5. The lowest BCUT2D eigenvalue weighted by molar-refractivity contribution is -0.123. The first-order chi connectivity index (χ1) is 18.9. The van der Waals surface area contributed by atoms with Crippen molar-refractivity contribution < 1.29 is 23.7 Å². The van der Waals surface area contributed by atoms with Gasteiger partial charge in [0.1, 0.15) is 11.5 Å². The third-order valence-corrected chi connectivity index (χ3v) is 6.91. The smallest absolute Gasteiger partial charge is 0.234 e. The van der Waals surface area contributed by atoms with Crippen LogP contribution in [0.15, 0.2) is 54.7 Å². The van der Waals surface area contributed by atoms with Gasteiger partial charge in [-0.3, -0.25) is 14.7 Å². The Hall–Kier alpha value is -3.78. The second-order valence-electron chi connectivity index (χ2n) is 10.1. The number of carbonyl (C=O) groups excluding carboxylic acids is 1. The molecule has 3 aromatic rings. The lowest BCUT2D eigenvalue weighted by Crippen LogP contribution is -2.43. The molecule has 1 N–H and O–H groups in total. The molecule has 1 unspecified atom stereocenters. The van der Waals surface area contributed by atoms with E-state index in [1.807, 2.05) is 48.5 Å². The zero-order valence-corrected chi connectivity index (χ0v) is 23.5. The Morgan fingerprint density at radius 1 is 1.00 bits per heavy atom. The summed E-state index contributed by atoms with van der Waals surface area (Å²) in [4.78, 5) is 19.6. The lowest BCUT2D eigenvalue weighted by Gasteiger charge is -2.38. The Kier molecular flexibility index (Phi) is 9.65. The van der Waals surface area contributed by atoms with Crippen LogP contribution in [-0.2, 0) is 24.2 Å². The van der Waals surface area contributed by atoms with Gasteiger partial charge in [-0.1, -0.05) is 26.0 Å². The molecule has 2 heterocycles. The second-order valence-corrected chi connectivity index (χ2v) is 10.1. The molecule has 208 valence electrons. The number of pyridine rings is 1. The largest absolute Gasteiger partial charge is 0.496 e. The van der Waals surface area contributed by atoms with E-state index in [2.05, 4.69) is 29.0 Å². The van der Waals surface area contributed by atoms with Gasteiger partial charge in [-0.25, -0.2) is 0 Å². The first-order valence-electron chi connectivity index (χ1n) is 13.4. The van der Waals surface area contributed by atoms with Crippen molar-refractivity contribution in [1.29, 1.82) is 0 Å². The standard InChI is InChI=1S/C31H39N3O5/c1-21(2)20-39-26-11-12-28(37-4)31-24(26)13-15-34(19-30(35)33-18-23-8-6-7-14-32-23)25(31)16-22-9-10-27(36-3)29(17-22)38-5/h6-12,14,17,21,25H,13,15-16,18-20H2,1-5H3,(H,33,35). The highest BCUT2D eigenvalue weighted by atomic mass is 16.5. The van der Waals surface area contributed by atoms with Crippen LogP contribution >= 0.6 is 0 Å². The fourth-order valence-electron chi connectivity index (χ4n) is 4.99. The highest BCUT2D eigenvalue weighted by Crippen LogP contribution is 2.43. The molecule has 0 fully saturated rings. The summed E-state index contributed by atoms with van der Waals surface area (Å²) < 4.78 is 23.1. The molecule has 8 heteroatoms. The summed E-state index contributed by atoms with van der Waals surface area (Å²) in [6, 6.07) is 15.5. The molecular weight excluding hydrogens is 494 g/mol. The lowest BCUT2D eigenvalue weighted by atomic mass is 9.87. The second kappa shape index (κ2) is 13.3. The first-order valence-corrected chi connectivity index (χ1v) is 13.4. The fourth-order valence-corrected chi connectivity index (χ4v) is 4.99. The van der Waals surface area contributed by atoms with Crippen LogP contribution < -0.4 is 24.3 Å². The number of amides is 1. The summed E-state index contributed by atoms with van der Waals surface area (Å²) in [6.45, 7) is 6.28. The third kappa shape index (κ3) is 7.00. The van der Waals surface area contributed by atoms with Crippen molar-refractivity contribution in [2.45, 2.75) is 39.3 Å². The van der Waals surface area contributed by atoms with Crippen LogP contribution in [0.25, 0.3) is 0 Å². The monoisotopic (exact) mass is 533 g/mol. The van der Waals surface area contributed by atoms with E-state index in [0.29, 0.717) is 43.5 Å². The molecule has 39 heavy (non-hydrogen) atoms. The predicted molar refractivity (Wildman–Crippen MR) is 151 cm³/mol. The van der Waals surface area contributed by atoms with Crippen molar-refractivity contribution in [3.8, 4) is 23.0 Å². The average molecular weight is 534 g/mol. The maximum atomic E-state index is 13.1. The van der Waals surface area contributed by atoms with Gasteiger partial charge in [-0.15, -0.1) is 0 Å². The summed E-state index contributed by atoms with van der Waals surface area (Å²) in [5.74, 6) is 3.40. The van der Waals surface area contributed by atoms with Gasteiger partial charge >= 0.3 is 0 Å². The van der Waals surface area contributed by atoms with Crippen molar-refractivity contribution in [3.63, 3.8) is 0 Å². The van der Waals surface area contributed by atoms with Crippen LogP contribution in [0.5, 0.6) is 23.0 Å². The van der Waals surface area contributed by atoms with Crippen LogP contribution in [-0.4, -0.2) is 56.8 Å². The van der Waals surface area contributed by atoms with E-state index >= 15 is 0 Å². The number of methoxy groups -OCH3 is 3. The summed E-state index contributed by atoms with van der Waals surface area (Å²) in [7, 11) is 4.96. The van der Waals surface area contributed by atoms with E-state index in [4.69, 9.17) is 18.9 Å². The highest BCUT2D eigenvalue weighted by molar-refractivity contribution is 5.78. The summed E-state index contributed by atoms with van der Waals surface area (Å²) in [5.41, 5.74) is 4.10. The van der Waals surface area contributed by atoms with Crippen LogP contribution in [0.2, 0.25) is 0 Å². The number of benzene rings is 2. The molecule has 0 radical (unpaired) electrons. The number of hydrogen-bond acceptors (Lipinski definition) is 7. The molecule has 0 aliphatic carbocycles. The SMILES string of the molecule is COc1ccc(CC2c3c(OC)ccc(OCC(C)C)c3CCN2CC(=O)NCc2ccccn2)cc1OC. The van der Waals surface area contributed by atoms with Crippen molar-refractivity contribution >= 4 is 5.91 Å². The molecule has 4 rings (SSSR count). The highest BCUT2D eigenvalue weighted by Gasteiger charge is 2.34. The van der Waals surface area contributed by atoms with Gasteiger partial charge in [0.25, 0.3) is 0 Å². The molecule has 1 aromatic heterocycles. The molecule has 1 atom stereocenters. The quantitative estimate of drug-likeness (QED) is 0.364. The number of aromatic nitrogens is 1. The van der Waals surface area contributed by atoms with Gasteiger partial charge in [-0.05, 0) is 60.7 Å². The van der Waals surface area contributed by atoms with E-state index in [9.17, 15) is 4.79 Å². The topological polar surface area (TPSA) is 82.2 Å². The minimum absolute atomic E-state index is 0.0485. The van der Waals surface area contributed by atoms with Crippen molar-refractivity contribution in [3.05, 3.63) is 77.1 Å². The van der Waals surface area contributed by atoms with E-state index < -0.39 is 0 Å². The average Bonchev–Trinajstić information content (AvgIpc) is 2.96. The zero-order chi connectivity index (χ0) is 27.8. The van der Waals surface area contributed by atoms with Gasteiger partial charge < -0.3 is 24.3 Å². The van der Waals surface area contributed by atoms with Gasteiger partial charge in [0.05, 0.1) is 46.7 Å². The van der Waals surface area contributed by atoms with E-state index in [-0.39, 0.29) is 18.5 Å². The van der Waals surface area contributed by atoms with Crippen LogP contribution in [0, 0.1) is 5.92 Å². The van der Waals surface area contributed by atoms with Gasteiger partial charge in [0.15, 0.2) is 11.5 Å². The number of fused-ring (bicyclic) bond motifs is 1. The summed E-state index contributed by atoms with van der Waals surface area (Å²) >= 11 is 0. The fraction of sp³-hybridized carbons (Fsp3) is 0.419. The first kappa shape index (κ1) is 28.2. The number of nitrogens with one attached hydrogen (secondary N) is 1. The summed E-state index contributed by atoms with van der Waals surface area (Å²) in [6.07, 6.45) is 3.15. The van der Waals surface area contributed by atoms with Crippen LogP contribution in [0.4, 0.5) is 0 Å². The number of hydrogen-bond donors (Lipinski definition) is 1. The number of carbonyl (C=O) groups is 1. The Morgan fingerprint density at radius 3 is 2.44 bits per heavy atom. The summed E-state index contributed by atoms with van der Waals surface area (Å²) in [5, 5.41) is 3.03. The van der Waals surface area contributed by atoms with Gasteiger partial charge in [0.2, 0.25) is 5.91 Å². The maximum absolute atomic E-state index is 13.1. The molecular formula is C31H39N3O5. The molecule has 0 spiro atoms. The van der Waals surface area contributed by atoms with Crippen LogP contribution in [0.3, 0.4) is 0 Å². The third-order valence-electron chi connectivity index (χ3n) is 6.91. The van der Waals surface area contributed by atoms with E-state index in [1.165, 1.54) is 0 Å². The molecule has 1 amide bonds. The van der Waals surface area contributed by atoms with Crippen molar-refractivity contribution in [2.75, 3.05) is 41.0 Å². The Morgan fingerprint density at radius 2 is 1.74 bits per heavy atom. The molecule has 0 bridgehead atoms. The number of nitrogens with zero attached hydrogens (tertiary/aromatic N) is 2. The molecule has 1 aliphatic heterocycles. The van der Waals surface area contributed by atoms with Gasteiger partial charge in [-0.2, -0.15) is 0 Å². The minimum atomic E-state index is -0.106. The van der Waals surface area contributed by atoms with Crippen molar-refractivity contribution in [1.82, 2.24) is 15.2 Å². The molecule has 1 aliphatic rings. The van der Waals surface area contributed by atoms with Crippen molar-refractivity contribution in [2.24, 2.45) is 5.92 Å². The normalized spacial score (nSPS) is 15.0.